The minimum atomic E-state index is -0.0147. The number of urea groups is 1. The zero-order valence-electron chi connectivity index (χ0n) is 15.5. The second-order valence-electron chi connectivity index (χ2n) is 6.61. The SMILES string of the molecule is CCC(CNC(=O)N(CC)Cc1ccc(C)o1)N1CCN(C)CC1. The number of nitrogens with zero attached hydrogens (tertiary/aromatic N) is 3. The van der Waals surface area contributed by atoms with E-state index >= 15 is 0 Å². The summed E-state index contributed by atoms with van der Waals surface area (Å²) in [5, 5.41) is 3.11. The van der Waals surface area contributed by atoms with Gasteiger partial charge in [-0.1, -0.05) is 6.92 Å². The van der Waals surface area contributed by atoms with Gasteiger partial charge in [0.15, 0.2) is 0 Å². The first-order valence-corrected chi connectivity index (χ1v) is 9.04. The molecule has 1 aromatic heterocycles. The van der Waals surface area contributed by atoms with Crippen molar-refractivity contribution in [3.05, 3.63) is 23.7 Å². The fourth-order valence-corrected chi connectivity index (χ4v) is 3.12. The quantitative estimate of drug-likeness (QED) is 0.829. The van der Waals surface area contributed by atoms with Gasteiger partial charge in [0.2, 0.25) is 0 Å². The molecule has 1 aromatic rings. The van der Waals surface area contributed by atoms with Crippen molar-refractivity contribution in [3.63, 3.8) is 0 Å². The summed E-state index contributed by atoms with van der Waals surface area (Å²) < 4.78 is 5.58. The smallest absolute Gasteiger partial charge is 0.317 e. The highest BCUT2D eigenvalue weighted by Gasteiger charge is 2.22. The van der Waals surface area contributed by atoms with Crippen molar-refractivity contribution in [1.82, 2.24) is 20.0 Å². The van der Waals surface area contributed by atoms with Crippen LogP contribution in [0.25, 0.3) is 0 Å². The zero-order valence-corrected chi connectivity index (χ0v) is 15.5. The molecule has 136 valence electrons. The van der Waals surface area contributed by atoms with E-state index in [9.17, 15) is 4.79 Å². The Morgan fingerprint density at radius 2 is 2.00 bits per heavy atom. The maximum absolute atomic E-state index is 12.5. The van der Waals surface area contributed by atoms with E-state index in [0.717, 1.165) is 44.1 Å². The molecule has 24 heavy (non-hydrogen) atoms. The van der Waals surface area contributed by atoms with Crippen LogP contribution in [0.4, 0.5) is 4.79 Å². The van der Waals surface area contributed by atoms with Gasteiger partial charge < -0.3 is 19.5 Å². The van der Waals surface area contributed by atoms with Crippen molar-refractivity contribution in [2.24, 2.45) is 0 Å². The summed E-state index contributed by atoms with van der Waals surface area (Å²) in [6.07, 6.45) is 1.05. The highest BCUT2D eigenvalue weighted by molar-refractivity contribution is 5.74. The van der Waals surface area contributed by atoms with Gasteiger partial charge in [0, 0.05) is 45.3 Å². The van der Waals surface area contributed by atoms with Crippen LogP contribution >= 0.6 is 0 Å². The highest BCUT2D eigenvalue weighted by Crippen LogP contribution is 2.11. The lowest BCUT2D eigenvalue weighted by Gasteiger charge is -2.38. The number of hydrogen-bond donors (Lipinski definition) is 1. The molecule has 2 rings (SSSR count). The number of likely N-dealkylation sites (N-methyl/N-ethyl adjacent to an activating group) is 1. The van der Waals surface area contributed by atoms with Crippen LogP contribution in [0.2, 0.25) is 0 Å². The number of carbonyl (C=O) groups is 1. The number of hydrogen-bond acceptors (Lipinski definition) is 4. The van der Waals surface area contributed by atoms with Crippen molar-refractivity contribution < 1.29 is 9.21 Å². The number of piperazine rings is 1. The van der Waals surface area contributed by atoms with Gasteiger partial charge in [0.05, 0.1) is 6.54 Å². The fraction of sp³-hybridized carbons (Fsp3) is 0.722. The molecule has 0 bridgehead atoms. The molecule has 1 unspecified atom stereocenters. The first-order valence-electron chi connectivity index (χ1n) is 9.04. The predicted octanol–water partition coefficient (Wildman–Crippen LogP) is 2.15. The lowest BCUT2D eigenvalue weighted by Crippen LogP contribution is -2.53. The Morgan fingerprint density at radius 3 is 2.54 bits per heavy atom. The molecule has 1 fully saturated rings. The van der Waals surface area contributed by atoms with Gasteiger partial charge in [-0.05, 0) is 39.4 Å². The van der Waals surface area contributed by atoms with Crippen LogP contribution in [0.15, 0.2) is 16.5 Å². The largest absolute Gasteiger partial charge is 0.464 e. The first kappa shape index (κ1) is 18.8. The van der Waals surface area contributed by atoms with Gasteiger partial charge in [-0.3, -0.25) is 4.90 Å². The Morgan fingerprint density at radius 1 is 1.29 bits per heavy atom. The second-order valence-corrected chi connectivity index (χ2v) is 6.61. The van der Waals surface area contributed by atoms with Gasteiger partial charge in [-0.2, -0.15) is 0 Å². The molecule has 1 aliphatic rings. The normalized spacial score (nSPS) is 17.7. The number of aryl methyl sites for hydroxylation is 1. The third kappa shape index (κ3) is 5.24. The van der Waals surface area contributed by atoms with E-state index in [-0.39, 0.29) is 6.03 Å². The van der Waals surface area contributed by atoms with Gasteiger partial charge in [0.25, 0.3) is 0 Å². The van der Waals surface area contributed by atoms with Gasteiger partial charge in [-0.25, -0.2) is 4.79 Å². The zero-order chi connectivity index (χ0) is 17.5. The van der Waals surface area contributed by atoms with E-state index in [2.05, 4.69) is 29.1 Å². The van der Waals surface area contributed by atoms with Gasteiger partial charge in [-0.15, -0.1) is 0 Å². The average Bonchev–Trinajstić information content (AvgIpc) is 2.99. The molecule has 6 heteroatoms. The van der Waals surface area contributed by atoms with E-state index in [1.165, 1.54) is 0 Å². The standard InChI is InChI=1S/C18H32N4O2/c1-5-16(22-11-9-20(4)10-12-22)13-19-18(23)21(6-2)14-17-8-7-15(3)24-17/h7-8,16H,5-6,9-14H2,1-4H3,(H,19,23). The van der Waals surface area contributed by atoms with Crippen LogP contribution in [0.3, 0.4) is 0 Å². The summed E-state index contributed by atoms with van der Waals surface area (Å²) in [5.41, 5.74) is 0. The number of nitrogens with one attached hydrogen (secondary N) is 1. The molecule has 1 aliphatic heterocycles. The minimum Gasteiger partial charge on any atom is -0.464 e. The van der Waals surface area contributed by atoms with Gasteiger partial charge in [0.1, 0.15) is 11.5 Å². The summed E-state index contributed by atoms with van der Waals surface area (Å²) in [6, 6.07) is 4.26. The van der Waals surface area contributed by atoms with Crippen LogP contribution in [0.5, 0.6) is 0 Å². The van der Waals surface area contributed by atoms with E-state index in [1.807, 2.05) is 26.0 Å². The third-order valence-corrected chi connectivity index (χ3v) is 4.83. The molecule has 0 saturated carbocycles. The molecule has 2 amide bonds. The fourth-order valence-electron chi connectivity index (χ4n) is 3.12. The maximum atomic E-state index is 12.5. The van der Waals surface area contributed by atoms with Crippen molar-refractivity contribution >= 4 is 6.03 Å². The summed E-state index contributed by atoms with van der Waals surface area (Å²) in [7, 11) is 2.16. The average molecular weight is 336 g/mol. The van der Waals surface area contributed by atoms with Crippen molar-refractivity contribution in [2.45, 2.75) is 39.8 Å². The molecule has 2 heterocycles. The van der Waals surface area contributed by atoms with Gasteiger partial charge >= 0.3 is 6.03 Å². The number of amides is 2. The Bertz CT molecular complexity index is 509. The number of rotatable bonds is 7. The van der Waals surface area contributed by atoms with Crippen LogP contribution in [0.1, 0.15) is 31.8 Å². The molecular formula is C18H32N4O2. The minimum absolute atomic E-state index is 0.0147. The highest BCUT2D eigenvalue weighted by atomic mass is 16.3. The molecule has 1 atom stereocenters. The van der Waals surface area contributed by atoms with Crippen LogP contribution < -0.4 is 5.32 Å². The third-order valence-electron chi connectivity index (χ3n) is 4.83. The van der Waals surface area contributed by atoms with Crippen LogP contribution in [-0.2, 0) is 6.54 Å². The Kier molecular flexibility index (Phi) is 7.12. The molecule has 6 nitrogen and oxygen atoms in total. The number of carbonyl (C=O) groups excluding carboxylic acids is 1. The lowest BCUT2D eigenvalue weighted by atomic mass is 10.1. The summed E-state index contributed by atoms with van der Waals surface area (Å²) in [5.74, 6) is 1.71. The summed E-state index contributed by atoms with van der Waals surface area (Å²) >= 11 is 0. The summed E-state index contributed by atoms with van der Waals surface area (Å²) in [4.78, 5) is 19.1. The van der Waals surface area contributed by atoms with E-state index in [4.69, 9.17) is 4.42 Å². The van der Waals surface area contributed by atoms with Crippen LogP contribution in [0, 0.1) is 6.92 Å². The lowest BCUT2D eigenvalue weighted by molar-refractivity contribution is 0.107. The van der Waals surface area contributed by atoms with E-state index in [0.29, 0.717) is 25.7 Å². The molecule has 0 radical (unpaired) electrons. The Balaban J connectivity index is 1.82. The first-order chi connectivity index (χ1) is 11.5. The number of furan rings is 1. The Labute approximate surface area is 145 Å². The maximum Gasteiger partial charge on any atom is 0.317 e. The van der Waals surface area contributed by atoms with E-state index < -0.39 is 0 Å². The summed E-state index contributed by atoms with van der Waals surface area (Å²) in [6.45, 7) is 12.3. The molecule has 1 N–H and O–H groups in total. The van der Waals surface area contributed by atoms with Crippen LogP contribution in [-0.4, -0.2) is 73.1 Å². The predicted molar refractivity (Wildman–Crippen MR) is 96.1 cm³/mol. The van der Waals surface area contributed by atoms with Crippen molar-refractivity contribution in [3.8, 4) is 0 Å². The molecular weight excluding hydrogens is 304 g/mol. The monoisotopic (exact) mass is 336 g/mol. The molecule has 1 saturated heterocycles. The Hall–Kier alpha value is -1.53. The molecule has 0 aliphatic carbocycles. The van der Waals surface area contributed by atoms with Crippen molar-refractivity contribution in [2.75, 3.05) is 46.3 Å². The van der Waals surface area contributed by atoms with E-state index in [1.54, 1.807) is 4.90 Å². The molecule has 0 aromatic carbocycles. The van der Waals surface area contributed by atoms with Crippen molar-refractivity contribution in [1.29, 1.82) is 0 Å². The second kappa shape index (κ2) is 9.08. The molecule has 0 spiro atoms. The topological polar surface area (TPSA) is 52.0 Å².